The largest absolute Gasteiger partial charge is 0.378 e. The predicted octanol–water partition coefficient (Wildman–Crippen LogP) is 3.65. The summed E-state index contributed by atoms with van der Waals surface area (Å²) in [7, 11) is 0. The maximum absolute atomic E-state index is 12.4. The molecule has 2 aliphatic rings. The van der Waals surface area contributed by atoms with E-state index in [-0.39, 0.29) is 5.92 Å². The van der Waals surface area contributed by atoms with Crippen molar-refractivity contribution in [1.82, 2.24) is 10.3 Å². The summed E-state index contributed by atoms with van der Waals surface area (Å²) < 4.78 is 7.94. The van der Waals surface area contributed by atoms with Crippen molar-refractivity contribution < 1.29 is 6.52 Å². The molecular weight excluding hydrogens is 320 g/mol. The molecule has 3 nitrogen and oxygen atoms in total. The first-order valence-electron chi connectivity index (χ1n) is 10.3. The zero-order chi connectivity index (χ0) is 19.3. The molecular formula is C23H30N2O. The molecule has 2 aromatic rings. The number of rotatable bonds is 1. The molecule has 0 spiro atoms. The molecule has 4 rings (SSSR count). The van der Waals surface area contributed by atoms with Gasteiger partial charge in [-0.3, -0.25) is 4.98 Å². The van der Waals surface area contributed by atoms with Crippen molar-refractivity contribution >= 4 is 0 Å². The van der Waals surface area contributed by atoms with Gasteiger partial charge >= 0.3 is 0 Å². The Morgan fingerprint density at radius 2 is 1.85 bits per heavy atom. The number of aromatic nitrogens is 1. The third kappa shape index (κ3) is 2.60. The second-order valence-corrected chi connectivity index (χ2v) is 8.22. The van der Waals surface area contributed by atoms with Gasteiger partial charge in [-0.2, -0.15) is 0 Å². The number of piperidine rings is 1. The van der Waals surface area contributed by atoms with Crippen LogP contribution in [0.3, 0.4) is 0 Å². The Kier molecular flexibility index (Phi) is 4.10. The molecule has 0 radical (unpaired) electrons. The van der Waals surface area contributed by atoms with Crippen LogP contribution in [-0.2, 0) is 18.4 Å². The van der Waals surface area contributed by atoms with Crippen LogP contribution in [0.25, 0.3) is 0 Å². The first kappa shape index (κ1) is 16.5. The van der Waals surface area contributed by atoms with Gasteiger partial charge in [-0.15, -0.1) is 0 Å². The third-order valence-corrected chi connectivity index (χ3v) is 6.53. The molecule has 3 heteroatoms. The fraction of sp³-hybridized carbons (Fsp3) is 0.522. The first-order chi connectivity index (χ1) is 12.8. The summed E-state index contributed by atoms with van der Waals surface area (Å²) in [4.78, 5) is 4.81. The number of nitrogens with zero attached hydrogens (tertiary/aromatic N) is 1. The van der Waals surface area contributed by atoms with Gasteiger partial charge in [-0.05, 0) is 105 Å². The number of pyridine rings is 1. The van der Waals surface area contributed by atoms with E-state index in [1.54, 1.807) is 5.31 Å². The van der Waals surface area contributed by atoms with Crippen molar-refractivity contribution in [1.29, 1.82) is 0 Å². The van der Waals surface area contributed by atoms with E-state index in [0.29, 0.717) is 13.1 Å². The molecule has 0 amide bonds. The van der Waals surface area contributed by atoms with E-state index < -0.39 is 5.60 Å². The Hall–Kier alpha value is -1.71. The summed E-state index contributed by atoms with van der Waals surface area (Å²) in [6, 6.07) is 4.42. The SMILES string of the molecule is [3H]N1CCC(C2(O)c3ncc(C)cc3CCc3c(C)c(C)cc(C)c32)CC1. The lowest BCUT2D eigenvalue weighted by molar-refractivity contribution is -0.00254. The second kappa shape index (κ2) is 6.47. The number of nitrogens with one attached hydrogen (secondary N) is 1. The third-order valence-electron chi connectivity index (χ3n) is 6.53. The molecule has 2 N–H and O–H groups in total. The molecule has 2 heterocycles. The summed E-state index contributed by atoms with van der Waals surface area (Å²) in [5.74, 6) is 0.0886. The minimum atomic E-state index is -1.07. The number of benzene rings is 1. The summed E-state index contributed by atoms with van der Waals surface area (Å²) in [6.45, 7) is 9.97. The monoisotopic (exact) mass is 352 g/mol. The maximum Gasteiger partial charge on any atom is 0.135 e. The highest BCUT2D eigenvalue weighted by Gasteiger charge is 2.46. The molecule has 138 valence electrons. The number of aliphatic hydroxyl groups is 1. The number of hydrogen-bond donors (Lipinski definition) is 2. The molecule has 0 bridgehead atoms. The molecule has 1 aromatic carbocycles. The van der Waals surface area contributed by atoms with Crippen LogP contribution in [0.15, 0.2) is 18.3 Å². The number of fused-ring (bicyclic) bond motifs is 2. The zero-order valence-corrected chi connectivity index (χ0v) is 16.4. The Labute approximate surface area is 158 Å². The fourth-order valence-corrected chi connectivity index (χ4v) is 5.12. The Morgan fingerprint density at radius 3 is 2.58 bits per heavy atom. The fourth-order valence-electron chi connectivity index (χ4n) is 5.12. The maximum atomic E-state index is 12.4. The van der Waals surface area contributed by atoms with Gasteiger partial charge in [0.2, 0.25) is 0 Å². The summed E-state index contributed by atoms with van der Waals surface area (Å²) in [5.41, 5.74) is 8.26. The molecule has 1 saturated heterocycles. The highest BCUT2D eigenvalue weighted by molar-refractivity contribution is 5.54. The van der Waals surface area contributed by atoms with Gasteiger partial charge in [-0.1, -0.05) is 12.1 Å². The summed E-state index contributed by atoms with van der Waals surface area (Å²) >= 11 is 0. The van der Waals surface area contributed by atoms with Gasteiger partial charge in [0.15, 0.2) is 0 Å². The van der Waals surface area contributed by atoms with Crippen molar-refractivity contribution in [3.63, 3.8) is 0 Å². The lowest BCUT2D eigenvalue weighted by Crippen LogP contribution is -2.44. The van der Waals surface area contributed by atoms with Crippen LogP contribution in [-0.4, -0.2) is 23.2 Å². The van der Waals surface area contributed by atoms with E-state index in [1.165, 1.54) is 27.8 Å². The van der Waals surface area contributed by atoms with E-state index in [1.807, 2.05) is 6.20 Å². The van der Waals surface area contributed by atoms with Gasteiger partial charge in [0.05, 0.1) is 5.69 Å². The Bertz CT molecular complexity index is 886. The van der Waals surface area contributed by atoms with Crippen LogP contribution in [0.2, 0.25) is 1.41 Å². The van der Waals surface area contributed by atoms with Crippen molar-refractivity contribution in [2.75, 3.05) is 13.1 Å². The lowest BCUT2D eigenvalue weighted by atomic mass is 9.70. The van der Waals surface area contributed by atoms with Crippen molar-refractivity contribution in [3.8, 4) is 0 Å². The van der Waals surface area contributed by atoms with E-state index in [9.17, 15) is 5.11 Å². The molecule has 1 aliphatic carbocycles. The van der Waals surface area contributed by atoms with E-state index in [2.05, 4.69) is 39.8 Å². The topological polar surface area (TPSA) is 45.1 Å². The summed E-state index contributed by atoms with van der Waals surface area (Å²) in [5, 5.41) is 14.0. The smallest absolute Gasteiger partial charge is 0.135 e. The molecule has 1 aliphatic heterocycles. The molecule has 1 aromatic heterocycles. The van der Waals surface area contributed by atoms with E-state index in [4.69, 9.17) is 6.40 Å². The first-order valence-corrected chi connectivity index (χ1v) is 9.84. The van der Waals surface area contributed by atoms with Crippen LogP contribution in [0.5, 0.6) is 0 Å². The van der Waals surface area contributed by atoms with Gasteiger partial charge in [0.25, 0.3) is 0 Å². The average Bonchev–Trinajstić information content (AvgIpc) is 2.75. The van der Waals surface area contributed by atoms with Crippen molar-refractivity contribution in [2.24, 2.45) is 5.92 Å². The van der Waals surface area contributed by atoms with Gasteiger partial charge in [0.1, 0.15) is 7.01 Å². The van der Waals surface area contributed by atoms with Crippen molar-refractivity contribution in [3.05, 3.63) is 63.0 Å². The van der Waals surface area contributed by atoms with Gasteiger partial charge in [-0.25, -0.2) is 0 Å². The van der Waals surface area contributed by atoms with Gasteiger partial charge < -0.3 is 10.4 Å². The van der Waals surface area contributed by atoms with Crippen LogP contribution in [0, 0.1) is 33.6 Å². The van der Waals surface area contributed by atoms with Crippen LogP contribution in [0.1, 0.15) is 57.5 Å². The minimum absolute atomic E-state index is 0.0886. The van der Waals surface area contributed by atoms with E-state index >= 15 is 0 Å². The molecule has 1 unspecified atom stereocenters. The standard InChI is InChI=1S/C23H30N2O/c1-14-11-18-5-6-20-17(4)15(2)12-16(3)21(20)23(26,22(18)25-13-14)19-7-9-24-10-8-19/h11-13,19,24,26H,5-10H2,1-4H3/i/hT. The zero-order valence-electron chi connectivity index (χ0n) is 17.4. The highest BCUT2D eigenvalue weighted by Crippen LogP contribution is 2.47. The van der Waals surface area contributed by atoms with E-state index in [0.717, 1.165) is 42.5 Å². The molecule has 1 atom stereocenters. The normalized spacial score (nSPS) is 24.6. The average molecular weight is 353 g/mol. The van der Waals surface area contributed by atoms with Crippen LogP contribution < -0.4 is 5.31 Å². The second-order valence-electron chi connectivity index (χ2n) is 8.22. The van der Waals surface area contributed by atoms with Crippen LogP contribution in [0.4, 0.5) is 0 Å². The molecule has 26 heavy (non-hydrogen) atoms. The number of aryl methyl sites for hydroxylation is 4. The quantitative estimate of drug-likeness (QED) is 0.823. The van der Waals surface area contributed by atoms with Crippen LogP contribution >= 0.6 is 0 Å². The lowest BCUT2D eigenvalue weighted by Gasteiger charge is -2.41. The Morgan fingerprint density at radius 1 is 1.12 bits per heavy atom. The summed E-state index contributed by atoms with van der Waals surface area (Å²) in [6.07, 6.45) is 5.40. The van der Waals surface area contributed by atoms with Crippen molar-refractivity contribution in [2.45, 2.75) is 59.0 Å². The van der Waals surface area contributed by atoms with Gasteiger partial charge in [0, 0.05) is 12.1 Å². The molecule has 0 saturated carbocycles. The minimum Gasteiger partial charge on any atom is -0.378 e. The Balaban J connectivity index is 1.99. The highest BCUT2D eigenvalue weighted by atomic mass is 16.3. The molecule has 1 fully saturated rings. The predicted molar refractivity (Wildman–Crippen MR) is 106 cm³/mol. The number of hydrogen-bond acceptors (Lipinski definition) is 3.